The van der Waals surface area contributed by atoms with Crippen LogP contribution in [0.5, 0.6) is 0 Å². The Hall–Kier alpha value is -1.09. The van der Waals surface area contributed by atoms with E-state index in [-0.39, 0.29) is 6.04 Å². The molecule has 0 saturated carbocycles. The van der Waals surface area contributed by atoms with Gasteiger partial charge in [0.15, 0.2) is 0 Å². The molecule has 1 unspecified atom stereocenters. The van der Waals surface area contributed by atoms with Gasteiger partial charge in [-0.05, 0) is 42.7 Å². The maximum atomic E-state index is 6.12. The molecule has 3 nitrogen and oxygen atoms in total. The van der Waals surface area contributed by atoms with Crippen LogP contribution in [-0.4, -0.2) is 24.1 Å². The van der Waals surface area contributed by atoms with Crippen molar-refractivity contribution < 1.29 is 0 Å². The molecule has 1 aliphatic heterocycles. The molecule has 0 bridgehead atoms. The van der Waals surface area contributed by atoms with Crippen molar-refractivity contribution in [3.05, 3.63) is 23.9 Å². The minimum absolute atomic E-state index is 0.239. The van der Waals surface area contributed by atoms with E-state index in [0.717, 1.165) is 31.7 Å². The topological polar surface area (TPSA) is 42.1 Å². The number of aromatic nitrogens is 1. The van der Waals surface area contributed by atoms with E-state index in [1.165, 1.54) is 24.8 Å². The third-order valence-corrected chi connectivity index (χ3v) is 5.00. The van der Waals surface area contributed by atoms with Gasteiger partial charge in [0.1, 0.15) is 5.82 Å². The molecule has 1 aromatic rings. The average molecular weight is 275 g/mol. The van der Waals surface area contributed by atoms with Crippen molar-refractivity contribution >= 4 is 5.82 Å². The Morgan fingerprint density at radius 1 is 1.35 bits per heavy atom. The number of hydrogen-bond donors (Lipinski definition) is 1. The lowest BCUT2D eigenvalue weighted by atomic mass is 9.78. The van der Waals surface area contributed by atoms with Gasteiger partial charge in [-0.15, -0.1) is 0 Å². The van der Waals surface area contributed by atoms with Crippen molar-refractivity contribution in [1.82, 2.24) is 4.98 Å². The molecule has 20 heavy (non-hydrogen) atoms. The molecule has 2 rings (SSSR count). The number of rotatable bonds is 5. The minimum atomic E-state index is 0.239. The highest BCUT2D eigenvalue weighted by Gasteiger charge is 2.29. The predicted molar refractivity (Wildman–Crippen MR) is 86.1 cm³/mol. The summed E-state index contributed by atoms with van der Waals surface area (Å²) in [5, 5.41) is 0. The molecule has 1 aliphatic rings. The van der Waals surface area contributed by atoms with Crippen LogP contribution in [0.15, 0.2) is 18.3 Å². The largest absolute Gasteiger partial charge is 0.356 e. The summed E-state index contributed by atoms with van der Waals surface area (Å²) in [5.41, 5.74) is 7.95. The summed E-state index contributed by atoms with van der Waals surface area (Å²) in [6, 6.07) is 4.45. The fourth-order valence-corrected chi connectivity index (χ4v) is 2.91. The molecule has 2 N–H and O–H groups in total. The Balaban J connectivity index is 2.10. The highest BCUT2D eigenvalue weighted by molar-refractivity contribution is 5.47. The first-order valence-electron chi connectivity index (χ1n) is 8.02. The predicted octanol–water partition coefficient (Wildman–Crippen LogP) is 3.38. The van der Waals surface area contributed by atoms with Gasteiger partial charge in [0, 0.05) is 25.3 Å². The lowest BCUT2D eigenvalue weighted by molar-refractivity contribution is 0.237. The normalized spacial score (nSPS) is 19.9. The number of piperidine rings is 1. The van der Waals surface area contributed by atoms with E-state index in [0.29, 0.717) is 5.41 Å². The Labute approximate surface area is 123 Å². The van der Waals surface area contributed by atoms with Gasteiger partial charge in [-0.3, -0.25) is 0 Å². The number of anilines is 1. The second-order valence-electron chi connectivity index (χ2n) is 6.51. The van der Waals surface area contributed by atoms with Crippen LogP contribution in [0.2, 0.25) is 0 Å². The van der Waals surface area contributed by atoms with Gasteiger partial charge in [0.05, 0.1) is 0 Å². The zero-order valence-corrected chi connectivity index (χ0v) is 13.2. The number of nitrogens with zero attached hydrogens (tertiary/aromatic N) is 2. The molecular formula is C17H29N3. The van der Waals surface area contributed by atoms with Crippen LogP contribution in [0.1, 0.15) is 52.0 Å². The standard InChI is InChI=1S/C17H29N3/c1-4-15(18)13-14-7-6-10-19-16(14)20-11-8-17(3,5-2)9-12-20/h6-7,10,15H,4-5,8-9,11-13,18H2,1-3H3. The summed E-state index contributed by atoms with van der Waals surface area (Å²) in [6.45, 7) is 9.11. The van der Waals surface area contributed by atoms with Crippen LogP contribution >= 0.6 is 0 Å². The van der Waals surface area contributed by atoms with Crippen molar-refractivity contribution in [1.29, 1.82) is 0 Å². The lowest BCUT2D eigenvalue weighted by Gasteiger charge is -2.40. The summed E-state index contributed by atoms with van der Waals surface area (Å²) in [7, 11) is 0. The van der Waals surface area contributed by atoms with E-state index in [2.05, 4.69) is 36.7 Å². The second-order valence-corrected chi connectivity index (χ2v) is 6.51. The first-order chi connectivity index (χ1) is 9.58. The maximum absolute atomic E-state index is 6.12. The summed E-state index contributed by atoms with van der Waals surface area (Å²) in [4.78, 5) is 7.09. The molecule has 0 aromatic carbocycles. The highest BCUT2D eigenvalue weighted by Crippen LogP contribution is 2.35. The number of pyridine rings is 1. The molecule has 1 saturated heterocycles. The van der Waals surface area contributed by atoms with Gasteiger partial charge in [0.25, 0.3) is 0 Å². The summed E-state index contributed by atoms with van der Waals surface area (Å²) in [6.07, 6.45) is 7.66. The van der Waals surface area contributed by atoms with Crippen LogP contribution in [0, 0.1) is 5.41 Å². The molecule has 112 valence electrons. The van der Waals surface area contributed by atoms with Crippen LogP contribution < -0.4 is 10.6 Å². The third-order valence-electron chi connectivity index (χ3n) is 5.00. The molecule has 2 heterocycles. The Morgan fingerprint density at radius 2 is 2.05 bits per heavy atom. The van der Waals surface area contributed by atoms with Crippen LogP contribution in [0.4, 0.5) is 5.82 Å². The minimum Gasteiger partial charge on any atom is -0.356 e. The molecule has 1 aromatic heterocycles. The lowest BCUT2D eigenvalue weighted by Crippen LogP contribution is -2.39. The number of hydrogen-bond acceptors (Lipinski definition) is 3. The summed E-state index contributed by atoms with van der Waals surface area (Å²) >= 11 is 0. The monoisotopic (exact) mass is 275 g/mol. The van der Waals surface area contributed by atoms with Gasteiger partial charge in [-0.25, -0.2) is 4.98 Å². The molecule has 0 spiro atoms. The Bertz CT molecular complexity index is 422. The van der Waals surface area contributed by atoms with Crippen molar-refractivity contribution in [3.63, 3.8) is 0 Å². The van der Waals surface area contributed by atoms with Gasteiger partial charge >= 0.3 is 0 Å². The van der Waals surface area contributed by atoms with E-state index in [9.17, 15) is 0 Å². The summed E-state index contributed by atoms with van der Waals surface area (Å²) in [5.74, 6) is 1.16. The van der Waals surface area contributed by atoms with Gasteiger partial charge in [-0.1, -0.05) is 33.3 Å². The molecule has 3 heteroatoms. The fourth-order valence-electron chi connectivity index (χ4n) is 2.91. The van der Waals surface area contributed by atoms with E-state index in [1.54, 1.807) is 0 Å². The SMILES string of the molecule is CCC(N)Cc1cccnc1N1CCC(C)(CC)CC1. The molecule has 0 amide bonds. The third kappa shape index (κ3) is 3.51. The molecule has 0 radical (unpaired) electrons. The van der Waals surface area contributed by atoms with Crippen molar-refractivity contribution in [3.8, 4) is 0 Å². The van der Waals surface area contributed by atoms with Crippen LogP contribution in [0.3, 0.4) is 0 Å². The van der Waals surface area contributed by atoms with Crippen LogP contribution in [0.25, 0.3) is 0 Å². The fraction of sp³-hybridized carbons (Fsp3) is 0.706. The smallest absolute Gasteiger partial charge is 0.131 e. The van der Waals surface area contributed by atoms with Gasteiger partial charge in [-0.2, -0.15) is 0 Å². The Morgan fingerprint density at radius 3 is 2.65 bits per heavy atom. The molecule has 0 aliphatic carbocycles. The van der Waals surface area contributed by atoms with Gasteiger partial charge in [0.2, 0.25) is 0 Å². The highest BCUT2D eigenvalue weighted by atomic mass is 15.2. The molecule has 1 atom stereocenters. The zero-order chi connectivity index (χ0) is 14.6. The first-order valence-corrected chi connectivity index (χ1v) is 8.02. The van der Waals surface area contributed by atoms with E-state index in [4.69, 9.17) is 5.73 Å². The second kappa shape index (κ2) is 6.57. The zero-order valence-electron chi connectivity index (χ0n) is 13.2. The Kier molecular flexibility index (Phi) is 5.03. The van der Waals surface area contributed by atoms with Crippen molar-refractivity contribution in [2.75, 3.05) is 18.0 Å². The average Bonchev–Trinajstić information content (AvgIpc) is 2.49. The van der Waals surface area contributed by atoms with Crippen molar-refractivity contribution in [2.24, 2.45) is 11.1 Å². The summed E-state index contributed by atoms with van der Waals surface area (Å²) < 4.78 is 0. The number of nitrogens with two attached hydrogens (primary N) is 1. The van der Waals surface area contributed by atoms with Crippen molar-refractivity contribution in [2.45, 2.75) is 58.9 Å². The van der Waals surface area contributed by atoms with E-state index in [1.807, 2.05) is 12.3 Å². The molecular weight excluding hydrogens is 246 g/mol. The van der Waals surface area contributed by atoms with E-state index >= 15 is 0 Å². The maximum Gasteiger partial charge on any atom is 0.131 e. The van der Waals surface area contributed by atoms with E-state index < -0.39 is 0 Å². The quantitative estimate of drug-likeness (QED) is 0.895. The van der Waals surface area contributed by atoms with Gasteiger partial charge < -0.3 is 10.6 Å². The van der Waals surface area contributed by atoms with Crippen LogP contribution in [-0.2, 0) is 6.42 Å². The first kappa shape index (κ1) is 15.3. The molecule has 1 fully saturated rings.